The molecule has 0 atom stereocenters. The highest BCUT2D eigenvalue weighted by atomic mass is 32.2. The predicted molar refractivity (Wildman–Crippen MR) is 139 cm³/mol. The summed E-state index contributed by atoms with van der Waals surface area (Å²) in [4.78, 5) is 13.9. The molecule has 1 N–H and O–H groups in total. The van der Waals surface area contributed by atoms with Crippen LogP contribution < -0.4 is 19.2 Å². The fraction of sp³-hybridized carbons (Fsp3) is 0.200. The van der Waals surface area contributed by atoms with Gasteiger partial charge >= 0.3 is 0 Å². The molecule has 0 heterocycles. The van der Waals surface area contributed by atoms with Crippen LogP contribution in [0.15, 0.2) is 81.6 Å². The van der Waals surface area contributed by atoms with Gasteiger partial charge in [-0.1, -0.05) is 29.8 Å². The van der Waals surface area contributed by atoms with E-state index in [1.54, 1.807) is 36.0 Å². The maximum Gasteiger partial charge on any atom is 0.264 e. The first-order chi connectivity index (χ1) is 16.8. The Bertz CT molecular complexity index is 1290. The average molecular weight is 514 g/mol. The second-order valence-corrected chi connectivity index (χ2v) is 10.2. The van der Waals surface area contributed by atoms with E-state index in [0.29, 0.717) is 5.75 Å². The molecule has 1 amide bonds. The van der Waals surface area contributed by atoms with E-state index in [1.807, 2.05) is 37.4 Å². The maximum absolute atomic E-state index is 13.6. The van der Waals surface area contributed by atoms with E-state index in [9.17, 15) is 13.2 Å². The summed E-state index contributed by atoms with van der Waals surface area (Å²) in [6.07, 6.45) is 3.48. The molecule has 3 aromatic carbocycles. The van der Waals surface area contributed by atoms with Crippen LogP contribution in [0.5, 0.6) is 11.5 Å². The molecular formula is C25H27N3O5S2. The minimum Gasteiger partial charge on any atom is -0.497 e. The Morgan fingerprint density at radius 3 is 2.31 bits per heavy atom. The monoisotopic (exact) mass is 513 g/mol. The first-order valence-electron chi connectivity index (χ1n) is 10.6. The lowest BCUT2D eigenvalue weighted by molar-refractivity contribution is -0.119. The Morgan fingerprint density at radius 2 is 1.71 bits per heavy atom. The highest BCUT2D eigenvalue weighted by molar-refractivity contribution is 7.98. The zero-order valence-corrected chi connectivity index (χ0v) is 21.5. The van der Waals surface area contributed by atoms with E-state index in [2.05, 4.69) is 10.5 Å². The third-order valence-corrected chi connectivity index (χ3v) is 7.59. The van der Waals surface area contributed by atoms with Crippen molar-refractivity contribution in [3.63, 3.8) is 0 Å². The van der Waals surface area contributed by atoms with Crippen molar-refractivity contribution in [1.82, 2.24) is 5.43 Å². The van der Waals surface area contributed by atoms with E-state index in [0.717, 1.165) is 20.3 Å². The quantitative estimate of drug-likeness (QED) is 0.249. The average Bonchev–Trinajstić information content (AvgIpc) is 2.87. The van der Waals surface area contributed by atoms with E-state index in [4.69, 9.17) is 9.47 Å². The number of hydrogen-bond donors (Lipinski definition) is 1. The number of nitrogens with one attached hydrogen (secondary N) is 1. The highest BCUT2D eigenvalue weighted by Crippen LogP contribution is 2.35. The smallest absolute Gasteiger partial charge is 0.264 e. The van der Waals surface area contributed by atoms with Gasteiger partial charge in [0.15, 0.2) is 0 Å². The van der Waals surface area contributed by atoms with Crippen LogP contribution in [0, 0.1) is 6.92 Å². The van der Waals surface area contributed by atoms with Crippen molar-refractivity contribution in [2.45, 2.75) is 16.7 Å². The number of amides is 1. The van der Waals surface area contributed by atoms with Crippen molar-refractivity contribution >= 4 is 39.6 Å². The lowest BCUT2D eigenvalue weighted by Crippen LogP contribution is -2.39. The minimum atomic E-state index is -4.13. The predicted octanol–water partition coefficient (Wildman–Crippen LogP) is 4.08. The summed E-state index contributed by atoms with van der Waals surface area (Å²) >= 11 is 1.62. The van der Waals surface area contributed by atoms with Gasteiger partial charge in [0.25, 0.3) is 15.9 Å². The first kappa shape index (κ1) is 26.1. The van der Waals surface area contributed by atoms with E-state index in [1.165, 1.54) is 38.6 Å². The summed E-state index contributed by atoms with van der Waals surface area (Å²) in [5.74, 6) is 0.0613. The Hall–Kier alpha value is -3.50. The number of benzene rings is 3. The number of ether oxygens (including phenoxy) is 2. The molecule has 3 rings (SSSR count). The Kier molecular flexibility index (Phi) is 8.78. The Labute approximate surface area is 210 Å². The number of carbonyl (C=O) groups is 1. The van der Waals surface area contributed by atoms with Crippen LogP contribution in [0.4, 0.5) is 5.69 Å². The second kappa shape index (κ2) is 11.8. The fourth-order valence-electron chi connectivity index (χ4n) is 3.16. The van der Waals surface area contributed by atoms with Crippen LogP contribution >= 0.6 is 11.8 Å². The van der Waals surface area contributed by atoms with Gasteiger partial charge in [0.1, 0.15) is 18.0 Å². The lowest BCUT2D eigenvalue weighted by Gasteiger charge is -2.25. The molecule has 0 saturated heterocycles. The molecular weight excluding hydrogens is 486 g/mol. The van der Waals surface area contributed by atoms with Crippen molar-refractivity contribution in [1.29, 1.82) is 0 Å². The number of rotatable bonds is 10. The fourth-order valence-corrected chi connectivity index (χ4v) is 4.99. The number of carbonyl (C=O) groups excluding carboxylic acids is 1. The second-order valence-electron chi connectivity index (χ2n) is 7.43. The Balaban J connectivity index is 1.91. The minimum absolute atomic E-state index is 0.0400. The van der Waals surface area contributed by atoms with Crippen molar-refractivity contribution in [2.75, 3.05) is 31.3 Å². The number of nitrogens with zero attached hydrogens (tertiary/aromatic N) is 2. The van der Waals surface area contributed by atoms with Crippen LogP contribution in [0.3, 0.4) is 0 Å². The molecule has 0 aliphatic heterocycles. The molecule has 184 valence electrons. The summed E-state index contributed by atoms with van der Waals surface area (Å²) < 4.78 is 38.9. The van der Waals surface area contributed by atoms with Gasteiger partial charge in [-0.25, -0.2) is 13.8 Å². The molecule has 10 heteroatoms. The van der Waals surface area contributed by atoms with E-state index < -0.39 is 22.5 Å². The van der Waals surface area contributed by atoms with Crippen LogP contribution in [0.1, 0.15) is 11.1 Å². The molecule has 0 aliphatic rings. The molecule has 0 bridgehead atoms. The molecule has 3 aromatic rings. The van der Waals surface area contributed by atoms with Crippen LogP contribution in [-0.4, -0.2) is 47.6 Å². The van der Waals surface area contributed by atoms with Crippen molar-refractivity contribution < 1.29 is 22.7 Å². The van der Waals surface area contributed by atoms with Crippen LogP contribution in [0.2, 0.25) is 0 Å². The Morgan fingerprint density at radius 1 is 1.03 bits per heavy atom. The summed E-state index contributed by atoms with van der Waals surface area (Å²) in [5, 5.41) is 3.98. The molecule has 0 unspecified atom stereocenters. The summed E-state index contributed by atoms with van der Waals surface area (Å²) in [5.41, 5.74) is 4.27. The normalized spacial score (nSPS) is 11.3. The van der Waals surface area contributed by atoms with Gasteiger partial charge in [0.05, 0.1) is 31.0 Å². The number of sulfonamides is 1. The SMILES string of the molecule is COc1ccc(OC)c(N(CC(=O)N/N=C\c2ccc(SC)cc2)S(=O)(=O)c2ccc(C)cc2)c1. The molecule has 0 radical (unpaired) electrons. The standard InChI is InChI=1S/C25H27N3O5S2/c1-18-5-12-22(13-6-18)35(30,31)28(23-15-20(32-2)9-14-24(23)33-3)17-25(29)27-26-16-19-7-10-21(34-4)11-8-19/h5-16H,17H2,1-4H3,(H,27,29)/b26-16-. The van der Waals surface area contributed by atoms with Gasteiger partial charge in [0, 0.05) is 11.0 Å². The van der Waals surface area contributed by atoms with Crippen molar-refractivity contribution in [3.8, 4) is 11.5 Å². The molecule has 35 heavy (non-hydrogen) atoms. The highest BCUT2D eigenvalue weighted by Gasteiger charge is 2.30. The summed E-state index contributed by atoms with van der Waals surface area (Å²) in [6, 6.07) is 18.8. The van der Waals surface area contributed by atoms with Crippen molar-refractivity contribution in [3.05, 3.63) is 77.9 Å². The third-order valence-electron chi connectivity index (χ3n) is 5.07. The molecule has 8 nitrogen and oxygen atoms in total. The molecule has 0 spiro atoms. The lowest BCUT2D eigenvalue weighted by atomic mass is 10.2. The molecule has 0 fully saturated rings. The number of aryl methyl sites for hydroxylation is 1. The molecule has 0 saturated carbocycles. The van der Waals surface area contributed by atoms with E-state index in [-0.39, 0.29) is 16.3 Å². The van der Waals surface area contributed by atoms with Gasteiger partial charge in [0.2, 0.25) is 0 Å². The summed E-state index contributed by atoms with van der Waals surface area (Å²) in [6.45, 7) is 1.34. The third kappa shape index (κ3) is 6.55. The zero-order chi connectivity index (χ0) is 25.4. The molecule has 0 aromatic heterocycles. The zero-order valence-electron chi connectivity index (χ0n) is 19.9. The maximum atomic E-state index is 13.6. The topological polar surface area (TPSA) is 97.3 Å². The van der Waals surface area contributed by atoms with Gasteiger partial charge in [-0.2, -0.15) is 5.10 Å². The van der Waals surface area contributed by atoms with Crippen LogP contribution in [-0.2, 0) is 14.8 Å². The van der Waals surface area contributed by atoms with Crippen LogP contribution in [0.25, 0.3) is 0 Å². The number of anilines is 1. The van der Waals surface area contributed by atoms with Gasteiger partial charge in [-0.05, 0) is 55.1 Å². The largest absolute Gasteiger partial charge is 0.497 e. The number of thioether (sulfide) groups is 1. The number of hydrogen-bond acceptors (Lipinski definition) is 7. The summed E-state index contributed by atoms with van der Waals surface area (Å²) in [7, 11) is -1.23. The molecule has 0 aliphatic carbocycles. The van der Waals surface area contributed by atoms with Crippen molar-refractivity contribution in [2.24, 2.45) is 5.10 Å². The van der Waals surface area contributed by atoms with Gasteiger partial charge in [-0.3, -0.25) is 9.10 Å². The number of hydrazone groups is 1. The first-order valence-corrected chi connectivity index (χ1v) is 13.2. The van der Waals surface area contributed by atoms with Gasteiger partial charge in [-0.15, -0.1) is 11.8 Å². The van der Waals surface area contributed by atoms with E-state index >= 15 is 0 Å². The number of methoxy groups -OCH3 is 2. The van der Waals surface area contributed by atoms with Gasteiger partial charge < -0.3 is 9.47 Å².